The molecule has 2 aliphatic rings. The van der Waals surface area contributed by atoms with Gasteiger partial charge in [0.15, 0.2) is 5.96 Å². The predicted molar refractivity (Wildman–Crippen MR) is 99.5 cm³/mol. The minimum Gasteiger partial charge on any atom is -0.345 e. The normalized spacial score (nSPS) is 25.7. The van der Waals surface area contributed by atoms with Crippen LogP contribution in [0.4, 0.5) is 0 Å². The zero-order valence-corrected chi connectivity index (χ0v) is 15.4. The van der Waals surface area contributed by atoms with Crippen molar-refractivity contribution >= 4 is 23.2 Å². The first-order chi connectivity index (χ1) is 12.4. The number of nitrogens with one attached hydrogen (secondary N) is 2. The number of aromatic nitrogens is 1. The number of hydrogen-bond acceptors (Lipinski definition) is 5. The van der Waals surface area contributed by atoms with Crippen LogP contribution in [-0.4, -0.2) is 28.8 Å². The highest BCUT2D eigenvalue weighted by Crippen LogP contribution is 2.49. The Morgan fingerprint density at radius 3 is 2.85 bits per heavy atom. The summed E-state index contributed by atoms with van der Waals surface area (Å²) < 4.78 is 0. The number of guanidine groups is 1. The number of rotatable bonds is 3. The van der Waals surface area contributed by atoms with E-state index in [9.17, 15) is 4.79 Å². The van der Waals surface area contributed by atoms with Gasteiger partial charge in [0.05, 0.1) is 17.0 Å². The van der Waals surface area contributed by atoms with Gasteiger partial charge in [-0.3, -0.25) is 20.1 Å². The lowest BCUT2D eigenvalue weighted by Crippen LogP contribution is -2.64. The lowest BCUT2D eigenvalue weighted by molar-refractivity contribution is -0.136. The number of thiophene rings is 1. The summed E-state index contributed by atoms with van der Waals surface area (Å²) >= 11 is 1.58. The molecule has 0 bridgehead atoms. The Balaban J connectivity index is 1.74. The fourth-order valence-electron chi connectivity index (χ4n) is 3.71. The Hall–Kier alpha value is -2.72. The smallest absolute Gasteiger partial charge is 0.235 e. The Morgan fingerprint density at radius 1 is 1.38 bits per heavy atom. The highest BCUT2D eigenvalue weighted by molar-refractivity contribution is 7.10. The molecule has 1 aliphatic carbocycles. The van der Waals surface area contributed by atoms with Gasteiger partial charge in [-0.1, -0.05) is 0 Å². The lowest BCUT2D eigenvalue weighted by Gasteiger charge is -2.45. The topological polar surface area (TPSA) is 92.9 Å². The molecular formula is C19H19N5OS. The molecule has 1 saturated heterocycles. The Labute approximate surface area is 156 Å². The van der Waals surface area contributed by atoms with E-state index in [1.54, 1.807) is 30.8 Å². The molecule has 2 atom stereocenters. The summed E-state index contributed by atoms with van der Waals surface area (Å²) in [5.41, 5.74) is 1.79. The van der Waals surface area contributed by atoms with Gasteiger partial charge in [0.2, 0.25) is 5.91 Å². The van der Waals surface area contributed by atoms with Gasteiger partial charge in [-0.2, -0.15) is 5.26 Å². The van der Waals surface area contributed by atoms with Gasteiger partial charge in [0.25, 0.3) is 0 Å². The fourth-order valence-corrected chi connectivity index (χ4v) is 4.79. The molecule has 2 aromatic heterocycles. The summed E-state index contributed by atoms with van der Waals surface area (Å²) in [4.78, 5) is 19.4. The molecule has 7 heteroatoms. The molecule has 2 N–H and O–H groups in total. The number of carbonyl (C=O) groups is 1. The third-order valence-electron chi connectivity index (χ3n) is 5.34. The van der Waals surface area contributed by atoms with Crippen LogP contribution in [-0.2, 0) is 10.3 Å². The Kier molecular flexibility index (Phi) is 3.81. The molecule has 1 aliphatic heterocycles. The van der Waals surface area contributed by atoms with Crippen LogP contribution in [0.1, 0.15) is 30.2 Å². The molecule has 0 radical (unpaired) electrons. The quantitative estimate of drug-likeness (QED) is 0.875. The van der Waals surface area contributed by atoms with Gasteiger partial charge in [0, 0.05) is 29.9 Å². The van der Waals surface area contributed by atoms with Crippen molar-refractivity contribution in [3.8, 4) is 17.2 Å². The van der Waals surface area contributed by atoms with E-state index >= 15 is 0 Å². The first kappa shape index (κ1) is 16.7. The molecule has 132 valence electrons. The molecule has 1 amide bonds. The van der Waals surface area contributed by atoms with Crippen LogP contribution in [0.25, 0.3) is 11.1 Å². The summed E-state index contributed by atoms with van der Waals surface area (Å²) in [5.74, 6) is 0.348. The maximum atomic E-state index is 12.9. The monoisotopic (exact) mass is 365 g/mol. The molecule has 0 aromatic carbocycles. The second-order valence-electron chi connectivity index (χ2n) is 7.16. The molecule has 0 spiro atoms. The van der Waals surface area contributed by atoms with Crippen molar-refractivity contribution in [1.29, 1.82) is 10.7 Å². The van der Waals surface area contributed by atoms with E-state index < -0.39 is 5.54 Å². The number of nitrogens with zero attached hydrogens (tertiary/aromatic N) is 3. The van der Waals surface area contributed by atoms with Crippen molar-refractivity contribution in [2.45, 2.75) is 25.3 Å². The molecular weight excluding hydrogens is 346 g/mol. The molecule has 4 rings (SSSR count). The molecule has 2 aromatic rings. The van der Waals surface area contributed by atoms with Crippen LogP contribution in [0.3, 0.4) is 0 Å². The van der Waals surface area contributed by atoms with Crippen molar-refractivity contribution in [2.75, 3.05) is 7.05 Å². The number of hydrogen-bond donors (Lipinski definition) is 2. The van der Waals surface area contributed by atoms with E-state index in [1.807, 2.05) is 18.4 Å². The molecule has 6 nitrogen and oxygen atoms in total. The van der Waals surface area contributed by atoms with Gasteiger partial charge in [0.1, 0.15) is 6.07 Å². The van der Waals surface area contributed by atoms with Crippen LogP contribution in [0.2, 0.25) is 0 Å². The van der Waals surface area contributed by atoms with Gasteiger partial charge < -0.3 is 5.32 Å². The van der Waals surface area contributed by atoms with E-state index in [2.05, 4.69) is 22.4 Å². The molecule has 1 saturated carbocycles. The van der Waals surface area contributed by atoms with E-state index in [-0.39, 0.29) is 17.8 Å². The highest BCUT2D eigenvalue weighted by Gasteiger charge is 2.54. The lowest BCUT2D eigenvalue weighted by atomic mass is 9.78. The van der Waals surface area contributed by atoms with E-state index in [1.165, 1.54) is 4.90 Å². The van der Waals surface area contributed by atoms with Crippen molar-refractivity contribution in [3.63, 3.8) is 0 Å². The molecule has 2 fully saturated rings. The first-order valence-electron chi connectivity index (χ1n) is 8.53. The van der Waals surface area contributed by atoms with Crippen LogP contribution in [0.15, 0.2) is 29.9 Å². The molecule has 26 heavy (non-hydrogen) atoms. The second-order valence-corrected chi connectivity index (χ2v) is 8.07. The maximum Gasteiger partial charge on any atom is 0.235 e. The third-order valence-corrected chi connectivity index (χ3v) is 6.51. The van der Waals surface area contributed by atoms with Gasteiger partial charge >= 0.3 is 0 Å². The van der Waals surface area contributed by atoms with E-state index in [0.29, 0.717) is 11.5 Å². The highest BCUT2D eigenvalue weighted by atomic mass is 32.1. The zero-order valence-electron chi connectivity index (χ0n) is 14.6. The number of carbonyl (C=O) groups excluding carboxylic acids is 1. The van der Waals surface area contributed by atoms with Crippen LogP contribution >= 0.6 is 11.3 Å². The second kappa shape index (κ2) is 5.92. The SMILES string of the molecule is CN1C(=N)N[C@](C)(c2cc(-c3cncc(C#N)c3)cs2)[C@H](C2CC2)C1=O. The Morgan fingerprint density at radius 2 is 2.15 bits per heavy atom. The third kappa shape index (κ3) is 2.58. The van der Waals surface area contributed by atoms with E-state index in [4.69, 9.17) is 10.7 Å². The van der Waals surface area contributed by atoms with Crippen molar-refractivity contribution in [3.05, 3.63) is 40.3 Å². The van der Waals surface area contributed by atoms with Crippen LogP contribution in [0, 0.1) is 28.6 Å². The zero-order chi connectivity index (χ0) is 18.5. The van der Waals surface area contributed by atoms with Crippen LogP contribution in [0.5, 0.6) is 0 Å². The van der Waals surface area contributed by atoms with Crippen molar-refractivity contribution in [1.82, 2.24) is 15.2 Å². The van der Waals surface area contributed by atoms with Crippen molar-refractivity contribution in [2.24, 2.45) is 11.8 Å². The van der Waals surface area contributed by atoms with Gasteiger partial charge in [-0.05, 0) is 48.8 Å². The fraction of sp³-hybridized carbons (Fsp3) is 0.368. The summed E-state index contributed by atoms with van der Waals surface area (Å²) in [7, 11) is 1.66. The standard InChI is InChI=1S/C19H19N5OS/c1-19(16(12-3-4-12)17(25)24(2)18(21)23-19)15-6-14(10-26-15)13-5-11(7-20)8-22-9-13/h5-6,8-10,12,16H,3-4H2,1-2H3,(H2,21,23)/t16-,19-/m1/s1. The van der Waals surface area contributed by atoms with Crippen LogP contribution < -0.4 is 5.32 Å². The average molecular weight is 365 g/mol. The summed E-state index contributed by atoms with van der Waals surface area (Å²) in [5, 5.41) is 22.5. The number of pyridine rings is 1. The maximum absolute atomic E-state index is 12.9. The number of amides is 1. The van der Waals surface area contributed by atoms with Gasteiger partial charge in [-0.15, -0.1) is 11.3 Å². The predicted octanol–water partition coefficient (Wildman–Crippen LogP) is 2.92. The Bertz CT molecular complexity index is 941. The summed E-state index contributed by atoms with van der Waals surface area (Å²) in [6, 6.07) is 5.98. The largest absolute Gasteiger partial charge is 0.345 e. The first-order valence-corrected chi connectivity index (χ1v) is 9.41. The van der Waals surface area contributed by atoms with Gasteiger partial charge in [-0.25, -0.2) is 0 Å². The van der Waals surface area contributed by atoms with Crippen molar-refractivity contribution < 1.29 is 4.79 Å². The summed E-state index contributed by atoms with van der Waals surface area (Å²) in [6.07, 6.45) is 5.39. The minimum absolute atomic E-state index is 0.0156. The average Bonchev–Trinajstić information content (AvgIpc) is 3.33. The molecule has 3 heterocycles. The molecule has 0 unspecified atom stereocenters. The van der Waals surface area contributed by atoms with E-state index in [0.717, 1.165) is 28.8 Å². The summed E-state index contributed by atoms with van der Waals surface area (Å²) in [6.45, 7) is 2.02. The minimum atomic E-state index is -0.592. The number of nitriles is 1.